The molecule has 0 bridgehead atoms. The maximum atomic E-state index is 14.8. The van der Waals surface area contributed by atoms with E-state index < -0.39 is 12.3 Å². The normalized spacial score (nSPS) is 27.3. The van der Waals surface area contributed by atoms with Crippen LogP contribution in [0, 0.1) is 5.82 Å². The summed E-state index contributed by atoms with van der Waals surface area (Å²) in [6, 6.07) is 12.3. The standard InChI is InChI=1S/C25H25F3O/c1-15-3-11-22(25(28)24(15)27)18-8-6-17(7-9-18)21-12-10-19(13-23(21)26)20-5-4-16(2)29-14-20/h3,6-13,16,20,24-25H,4-5,14H2,1-2H3. The first-order valence-electron chi connectivity index (χ1n) is 10.1. The lowest BCUT2D eigenvalue weighted by Gasteiger charge is -2.27. The van der Waals surface area contributed by atoms with E-state index in [1.165, 1.54) is 0 Å². The van der Waals surface area contributed by atoms with Crippen LogP contribution in [0.2, 0.25) is 0 Å². The van der Waals surface area contributed by atoms with E-state index in [0.29, 0.717) is 34.4 Å². The Bertz CT molecular complexity index is 937. The first-order valence-corrected chi connectivity index (χ1v) is 10.1. The number of benzene rings is 2. The van der Waals surface area contributed by atoms with Crippen molar-refractivity contribution in [3.05, 3.63) is 77.1 Å². The van der Waals surface area contributed by atoms with Crippen LogP contribution in [0.3, 0.4) is 0 Å². The summed E-state index contributed by atoms with van der Waals surface area (Å²) >= 11 is 0. The zero-order valence-electron chi connectivity index (χ0n) is 16.7. The van der Waals surface area contributed by atoms with Crippen molar-refractivity contribution in [2.75, 3.05) is 6.61 Å². The largest absolute Gasteiger partial charge is 0.378 e. The molecule has 29 heavy (non-hydrogen) atoms. The van der Waals surface area contributed by atoms with Crippen LogP contribution in [-0.2, 0) is 4.74 Å². The number of alkyl halides is 2. The molecule has 1 heterocycles. The molecular formula is C25H25F3O. The second-order valence-corrected chi connectivity index (χ2v) is 8.07. The lowest BCUT2D eigenvalue weighted by Crippen LogP contribution is -2.22. The van der Waals surface area contributed by atoms with Gasteiger partial charge in [0.05, 0.1) is 12.7 Å². The van der Waals surface area contributed by atoms with E-state index in [1.807, 2.05) is 6.07 Å². The van der Waals surface area contributed by atoms with Crippen LogP contribution in [0.1, 0.15) is 43.7 Å². The maximum Gasteiger partial charge on any atom is 0.161 e. The topological polar surface area (TPSA) is 9.23 Å². The molecule has 1 saturated heterocycles. The van der Waals surface area contributed by atoms with Crippen molar-refractivity contribution in [2.24, 2.45) is 0 Å². The van der Waals surface area contributed by atoms with Crippen LogP contribution in [0.5, 0.6) is 0 Å². The fourth-order valence-corrected chi connectivity index (χ4v) is 4.06. The van der Waals surface area contributed by atoms with Gasteiger partial charge in [-0.25, -0.2) is 13.2 Å². The van der Waals surface area contributed by atoms with E-state index >= 15 is 0 Å². The smallest absolute Gasteiger partial charge is 0.161 e. The van der Waals surface area contributed by atoms with Crippen LogP contribution in [0.15, 0.2) is 60.2 Å². The average molecular weight is 398 g/mol. The quantitative estimate of drug-likeness (QED) is 0.553. The maximum absolute atomic E-state index is 14.8. The molecule has 1 aliphatic heterocycles. The van der Waals surface area contributed by atoms with E-state index in [9.17, 15) is 13.2 Å². The molecule has 0 amide bonds. The number of rotatable bonds is 3. The van der Waals surface area contributed by atoms with Gasteiger partial charge in [-0.3, -0.25) is 0 Å². The summed E-state index contributed by atoms with van der Waals surface area (Å²) < 4.78 is 48.8. The van der Waals surface area contributed by atoms with Crippen LogP contribution < -0.4 is 0 Å². The highest BCUT2D eigenvalue weighted by Gasteiger charge is 2.29. The molecule has 0 radical (unpaired) electrons. The van der Waals surface area contributed by atoms with Crippen LogP contribution >= 0.6 is 0 Å². The molecule has 1 fully saturated rings. The summed E-state index contributed by atoms with van der Waals surface area (Å²) in [7, 11) is 0. The van der Waals surface area contributed by atoms with E-state index in [4.69, 9.17) is 4.74 Å². The Labute approximate surface area is 169 Å². The zero-order valence-corrected chi connectivity index (χ0v) is 16.7. The molecule has 0 aromatic heterocycles. The predicted molar refractivity (Wildman–Crippen MR) is 111 cm³/mol. The Morgan fingerprint density at radius 1 is 0.897 bits per heavy atom. The predicted octanol–water partition coefficient (Wildman–Crippen LogP) is 6.79. The minimum absolute atomic E-state index is 0.224. The molecule has 2 aromatic carbocycles. The average Bonchev–Trinajstić information content (AvgIpc) is 2.73. The third kappa shape index (κ3) is 4.04. The van der Waals surface area contributed by atoms with Gasteiger partial charge in [0.25, 0.3) is 0 Å². The summed E-state index contributed by atoms with van der Waals surface area (Å²) in [4.78, 5) is 0. The van der Waals surface area contributed by atoms with Crippen molar-refractivity contribution in [1.82, 2.24) is 0 Å². The third-order valence-electron chi connectivity index (χ3n) is 6.01. The molecular weight excluding hydrogens is 373 g/mol. The van der Waals surface area contributed by atoms with E-state index in [1.54, 1.807) is 55.5 Å². The Balaban J connectivity index is 1.55. The van der Waals surface area contributed by atoms with Gasteiger partial charge in [0.1, 0.15) is 5.82 Å². The second kappa shape index (κ2) is 8.19. The fourth-order valence-electron chi connectivity index (χ4n) is 4.06. The van der Waals surface area contributed by atoms with Gasteiger partial charge in [0.2, 0.25) is 0 Å². The number of allylic oxidation sites excluding steroid dienone is 4. The number of ether oxygens (including phenoxy) is 1. The first-order chi connectivity index (χ1) is 13.9. The van der Waals surface area contributed by atoms with Gasteiger partial charge in [-0.15, -0.1) is 0 Å². The molecule has 4 heteroatoms. The molecule has 4 rings (SSSR count). The molecule has 0 saturated carbocycles. The van der Waals surface area contributed by atoms with Crippen molar-refractivity contribution in [3.8, 4) is 11.1 Å². The lowest BCUT2D eigenvalue weighted by atomic mass is 9.89. The molecule has 2 aliphatic rings. The lowest BCUT2D eigenvalue weighted by molar-refractivity contribution is 0.0154. The van der Waals surface area contributed by atoms with Crippen molar-refractivity contribution in [2.45, 2.75) is 51.1 Å². The van der Waals surface area contributed by atoms with Gasteiger partial charge >= 0.3 is 0 Å². The monoisotopic (exact) mass is 398 g/mol. The molecule has 1 aliphatic carbocycles. The number of halogens is 3. The molecule has 4 atom stereocenters. The second-order valence-electron chi connectivity index (χ2n) is 8.07. The van der Waals surface area contributed by atoms with Crippen LogP contribution in [0.25, 0.3) is 16.7 Å². The summed E-state index contributed by atoms with van der Waals surface area (Å²) in [6.45, 7) is 4.26. The van der Waals surface area contributed by atoms with Crippen LogP contribution in [0.4, 0.5) is 13.2 Å². The van der Waals surface area contributed by atoms with Gasteiger partial charge < -0.3 is 4.74 Å². The SMILES string of the molecule is CC1=CC=C(c2ccc(-c3ccc(C4CCC(C)OC4)cc3F)cc2)C(F)C1F. The number of hydrogen-bond acceptors (Lipinski definition) is 1. The molecule has 0 spiro atoms. The summed E-state index contributed by atoms with van der Waals surface area (Å²) in [5.41, 5.74) is 3.48. The summed E-state index contributed by atoms with van der Waals surface area (Å²) in [6.07, 6.45) is 2.18. The van der Waals surface area contributed by atoms with Gasteiger partial charge in [-0.1, -0.05) is 48.6 Å². The Morgan fingerprint density at radius 2 is 1.62 bits per heavy atom. The molecule has 0 N–H and O–H groups in total. The minimum atomic E-state index is -1.68. The van der Waals surface area contributed by atoms with Crippen molar-refractivity contribution in [3.63, 3.8) is 0 Å². The highest BCUT2D eigenvalue weighted by atomic mass is 19.2. The molecule has 2 aromatic rings. The number of hydrogen-bond donors (Lipinski definition) is 0. The molecule has 4 unspecified atom stereocenters. The first kappa shape index (κ1) is 20.0. The zero-order chi connectivity index (χ0) is 20.5. The fraction of sp³-hybridized carbons (Fsp3) is 0.360. The Kier molecular flexibility index (Phi) is 5.64. The highest BCUT2D eigenvalue weighted by molar-refractivity contribution is 5.75. The van der Waals surface area contributed by atoms with E-state index in [-0.39, 0.29) is 17.8 Å². The molecule has 1 nitrogen and oxygen atoms in total. The Morgan fingerprint density at radius 3 is 2.28 bits per heavy atom. The third-order valence-corrected chi connectivity index (χ3v) is 6.01. The van der Waals surface area contributed by atoms with Gasteiger partial charge in [-0.05, 0) is 60.6 Å². The van der Waals surface area contributed by atoms with Gasteiger partial charge in [-0.2, -0.15) is 0 Å². The summed E-state index contributed by atoms with van der Waals surface area (Å²) in [5.74, 6) is -0.0569. The van der Waals surface area contributed by atoms with Crippen LogP contribution in [-0.4, -0.2) is 25.1 Å². The highest BCUT2D eigenvalue weighted by Crippen LogP contribution is 2.34. The summed E-state index contributed by atoms with van der Waals surface area (Å²) in [5, 5.41) is 0. The Hall–Kier alpha value is -2.33. The van der Waals surface area contributed by atoms with E-state index in [2.05, 4.69) is 6.92 Å². The van der Waals surface area contributed by atoms with Crippen molar-refractivity contribution >= 4 is 5.57 Å². The minimum Gasteiger partial charge on any atom is -0.378 e. The van der Waals surface area contributed by atoms with Gasteiger partial charge in [0.15, 0.2) is 12.3 Å². The van der Waals surface area contributed by atoms with Crippen molar-refractivity contribution < 1.29 is 17.9 Å². The van der Waals surface area contributed by atoms with E-state index in [0.717, 1.165) is 18.4 Å². The molecule has 152 valence electrons. The van der Waals surface area contributed by atoms with Crippen molar-refractivity contribution in [1.29, 1.82) is 0 Å². The van der Waals surface area contributed by atoms with Gasteiger partial charge in [0, 0.05) is 11.5 Å².